The van der Waals surface area contributed by atoms with Gasteiger partial charge in [0.1, 0.15) is 17.5 Å². The molecule has 1 aromatic carbocycles. The van der Waals surface area contributed by atoms with E-state index < -0.39 is 0 Å². The fraction of sp³-hybridized carbons (Fsp3) is 0.231. The van der Waals surface area contributed by atoms with Crippen molar-refractivity contribution in [2.24, 2.45) is 0 Å². The van der Waals surface area contributed by atoms with Gasteiger partial charge in [-0.15, -0.1) is 0 Å². The van der Waals surface area contributed by atoms with Gasteiger partial charge in [-0.3, -0.25) is 0 Å². The van der Waals surface area contributed by atoms with Crippen LogP contribution in [0.15, 0.2) is 18.2 Å². The van der Waals surface area contributed by atoms with Gasteiger partial charge < -0.3 is 10.6 Å². The molecule has 4 nitrogen and oxygen atoms in total. The van der Waals surface area contributed by atoms with Gasteiger partial charge in [-0.2, -0.15) is 0 Å². The van der Waals surface area contributed by atoms with Crippen LogP contribution < -0.4 is 10.6 Å². The van der Waals surface area contributed by atoms with E-state index in [-0.39, 0.29) is 0 Å². The standard InChI is InChI=1S/C13H14Cl2N4/c1-7-12(16-3)17-8(2)18-13(7)19-11-6-9(14)4-5-10(11)15/h4-6H,1-3H3,(H2,16,17,18,19). The van der Waals surface area contributed by atoms with E-state index in [1.54, 1.807) is 18.2 Å². The summed E-state index contributed by atoms with van der Waals surface area (Å²) in [6.45, 7) is 3.77. The van der Waals surface area contributed by atoms with Crippen molar-refractivity contribution in [3.8, 4) is 0 Å². The molecule has 1 heterocycles. The number of benzene rings is 1. The number of aryl methyl sites for hydroxylation is 1. The predicted molar refractivity (Wildman–Crippen MR) is 80.8 cm³/mol. The summed E-state index contributed by atoms with van der Waals surface area (Å²) in [5.74, 6) is 2.17. The Hall–Kier alpha value is -1.52. The van der Waals surface area contributed by atoms with Crippen LogP contribution in [-0.4, -0.2) is 17.0 Å². The van der Waals surface area contributed by atoms with Crippen molar-refractivity contribution in [2.45, 2.75) is 13.8 Å². The largest absolute Gasteiger partial charge is 0.373 e. The number of nitrogens with zero attached hydrogens (tertiary/aromatic N) is 2. The van der Waals surface area contributed by atoms with Crippen molar-refractivity contribution >= 4 is 40.5 Å². The molecule has 0 unspecified atom stereocenters. The maximum absolute atomic E-state index is 6.13. The second-order valence-corrected chi connectivity index (χ2v) is 4.94. The number of nitrogens with one attached hydrogen (secondary N) is 2. The molecule has 0 spiro atoms. The SMILES string of the molecule is CNc1nc(C)nc(Nc2cc(Cl)ccc2Cl)c1C. The van der Waals surface area contributed by atoms with Crippen LogP contribution in [0.25, 0.3) is 0 Å². The molecule has 0 aliphatic rings. The molecule has 1 aromatic heterocycles. The van der Waals surface area contributed by atoms with Crippen molar-refractivity contribution in [1.82, 2.24) is 9.97 Å². The normalized spacial score (nSPS) is 10.4. The van der Waals surface area contributed by atoms with Crippen molar-refractivity contribution in [2.75, 3.05) is 17.7 Å². The van der Waals surface area contributed by atoms with Crippen molar-refractivity contribution in [1.29, 1.82) is 0 Å². The van der Waals surface area contributed by atoms with Crippen LogP contribution in [0.4, 0.5) is 17.3 Å². The first-order chi connectivity index (χ1) is 9.01. The van der Waals surface area contributed by atoms with Gasteiger partial charge in [0.2, 0.25) is 0 Å². The molecule has 6 heteroatoms. The van der Waals surface area contributed by atoms with E-state index in [1.165, 1.54) is 0 Å². The fourth-order valence-electron chi connectivity index (χ4n) is 1.71. The summed E-state index contributed by atoms with van der Waals surface area (Å²) in [7, 11) is 1.82. The zero-order chi connectivity index (χ0) is 14.0. The summed E-state index contributed by atoms with van der Waals surface area (Å²) < 4.78 is 0. The number of aromatic nitrogens is 2. The van der Waals surface area contributed by atoms with Crippen molar-refractivity contribution < 1.29 is 0 Å². The predicted octanol–water partition coefficient (Wildman–Crippen LogP) is 4.19. The number of hydrogen-bond acceptors (Lipinski definition) is 4. The first-order valence-corrected chi connectivity index (χ1v) is 6.52. The van der Waals surface area contributed by atoms with Gasteiger partial charge in [-0.1, -0.05) is 23.2 Å². The van der Waals surface area contributed by atoms with Crippen LogP contribution in [0.2, 0.25) is 10.0 Å². The maximum Gasteiger partial charge on any atom is 0.139 e. The van der Waals surface area contributed by atoms with Crippen LogP contribution in [-0.2, 0) is 0 Å². The van der Waals surface area contributed by atoms with Crippen LogP contribution >= 0.6 is 23.2 Å². The van der Waals surface area contributed by atoms with E-state index in [0.29, 0.717) is 21.7 Å². The molecule has 0 fully saturated rings. The van der Waals surface area contributed by atoms with Gasteiger partial charge in [0.05, 0.1) is 10.7 Å². The Morgan fingerprint density at radius 3 is 2.42 bits per heavy atom. The number of hydrogen-bond donors (Lipinski definition) is 2. The molecule has 0 atom stereocenters. The molecule has 2 aromatic rings. The third-order valence-corrected chi connectivity index (χ3v) is 3.24. The number of halogens is 2. The fourth-order valence-corrected chi connectivity index (χ4v) is 2.05. The average Bonchev–Trinajstić information content (AvgIpc) is 2.37. The monoisotopic (exact) mass is 296 g/mol. The molecule has 0 aliphatic heterocycles. The molecule has 0 aliphatic carbocycles. The molecule has 0 amide bonds. The molecule has 19 heavy (non-hydrogen) atoms. The Morgan fingerprint density at radius 2 is 1.74 bits per heavy atom. The smallest absolute Gasteiger partial charge is 0.139 e. The zero-order valence-corrected chi connectivity index (χ0v) is 12.4. The lowest BCUT2D eigenvalue weighted by molar-refractivity contribution is 1.04. The Kier molecular flexibility index (Phi) is 4.12. The molecule has 100 valence electrons. The summed E-state index contributed by atoms with van der Waals surface area (Å²) in [5.41, 5.74) is 1.64. The van der Waals surface area contributed by atoms with Gasteiger partial charge in [0.15, 0.2) is 0 Å². The van der Waals surface area contributed by atoms with E-state index >= 15 is 0 Å². The molecular formula is C13H14Cl2N4. The van der Waals surface area contributed by atoms with Crippen molar-refractivity contribution in [3.05, 3.63) is 39.6 Å². The second kappa shape index (κ2) is 5.63. The molecule has 0 radical (unpaired) electrons. The van der Waals surface area contributed by atoms with Gasteiger partial charge in [0.25, 0.3) is 0 Å². The van der Waals surface area contributed by atoms with Gasteiger partial charge in [-0.25, -0.2) is 9.97 Å². The minimum atomic E-state index is 0.589. The molecule has 2 N–H and O–H groups in total. The van der Waals surface area contributed by atoms with Crippen LogP contribution in [0, 0.1) is 13.8 Å². The molecule has 0 saturated carbocycles. The lowest BCUT2D eigenvalue weighted by atomic mass is 10.2. The summed E-state index contributed by atoms with van der Waals surface area (Å²) in [6, 6.07) is 5.25. The summed E-state index contributed by atoms with van der Waals surface area (Å²) in [5, 5.41) is 7.43. The van der Waals surface area contributed by atoms with Crippen LogP contribution in [0.5, 0.6) is 0 Å². The molecular weight excluding hydrogens is 283 g/mol. The summed E-state index contributed by atoms with van der Waals surface area (Å²) in [4.78, 5) is 8.70. The van der Waals surface area contributed by atoms with E-state index in [9.17, 15) is 0 Å². The zero-order valence-electron chi connectivity index (χ0n) is 10.9. The van der Waals surface area contributed by atoms with Crippen LogP contribution in [0.1, 0.15) is 11.4 Å². The van der Waals surface area contributed by atoms with E-state index in [0.717, 1.165) is 17.1 Å². The minimum absolute atomic E-state index is 0.589. The summed E-state index contributed by atoms with van der Waals surface area (Å²) >= 11 is 12.1. The third kappa shape index (κ3) is 3.08. The van der Waals surface area contributed by atoms with Gasteiger partial charge in [-0.05, 0) is 32.0 Å². The lowest BCUT2D eigenvalue weighted by Crippen LogP contribution is -2.05. The van der Waals surface area contributed by atoms with E-state index in [2.05, 4.69) is 20.6 Å². The Morgan fingerprint density at radius 1 is 1.05 bits per heavy atom. The highest BCUT2D eigenvalue weighted by Gasteiger charge is 2.10. The van der Waals surface area contributed by atoms with Crippen LogP contribution in [0.3, 0.4) is 0 Å². The number of rotatable bonds is 3. The third-order valence-electron chi connectivity index (χ3n) is 2.68. The van der Waals surface area contributed by atoms with E-state index in [1.807, 2.05) is 20.9 Å². The Balaban J connectivity index is 2.43. The lowest BCUT2D eigenvalue weighted by Gasteiger charge is -2.13. The van der Waals surface area contributed by atoms with E-state index in [4.69, 9.17) is 23.2 Å². The molecule has 2 rings (SSSR count). The highest BCUT2D eigenvalue weighted by Crippen LogP contribution is 2.30. The van der Waals surface area contributed by atoms with Crippen molar-refractivity contribution in [3.63, 3.8) is 0 Å². The summed E-state index contributed by atoms with van der Waals surface area (Å²) in [6.07, 6.45) is 0. The first kappa shape index (κ1) is 13.9. The quantitative estimate of drug-likeness (QED) is 0.892. The Bertz CT molecular complexity index is 614. The number of anilines is 3. The van der Waals surface area contributed by atoms with Gasteiger partial charge >= 0.3 is 0 Å². The first-order valence-electron chi connectivity index (χ1n) is 5.76. The average molecular weight is 297 g/mol. The van der Waals surface area contributed by atoms with Gasteiger partial charge in [0, 0.05) is 17.6 Å². The maximum atomic E-state index is 6.13. The second-order valence-electron chi connectivity index (χ2n) is 4.09. The highest BCUT2D eigenvalue weighted by molar-refractivity contribution is 6.35. The highest BCUT2D eigenvalue weighted by atomic mass is 35.5. The molecule has 0 bridgehead atoms. The minimum Gasteiger partial charge on any atom is -0.373 e. The topological polar surface area (TPSA) is 49.8 Å². The molecule has 0 saturated heterocycles. The Labute approximate surface area is 122 Å².